The predicted molar refractivity (Wildman–Crippen MR) is 74.7 cm³/mol. The fourth-order valence-electron chi connectivity index (χ4n) is 2.44. The largest absolute Gasteiger partial charge is 0.444 e. The zero-order valence-corrected chi connectivity index (χ0v) is 11.9. The molecule has 1 fully saturated rings. The van der Waals surface area contributed by atoms with Gasteiger partial charge in [0.15, 0.2) is 0 Å². The molecule has 0 unspecified atom stereocenters. The molecule has 0 aliphatic carbocycles. The number of H-pyrrole nitrogens is 1. The SMILES string of the molecule is CC(C)(C)OC(=O)N1CCCC[C@H]1c1c[nH]c(N)c1. The zero-order chi connectivity index (χ0) is 14.0. The van der Waals surface area contributed by atoms with Gasteiger partial charge in [0.25, 0.3) is 0 Å². The molecule has 1 atom stereocenters. The van der Waals surface area contributed by atoms with Crippen molar-refractivity contribution in [3.05, 3.63) is 17.8 Å². The van der Waals surface area contributed by atoms with Gasteiger partial charge in [0.1, 0.15) is 11.4 Å². The molecule has 0 bridgehead atoms. The molecule has 1 aromatic rings. The fourth-order valence-corrected chi connectivity index (χ4v) is 2.44. The number of nitrogens with two attached hydrogens (primary N) is 1. The maximum atomic E-state index is 12.3. The molecule has 0 saturated carbocycles. The van der Waals surface area contributed by atoms with Gasteiger partial charge in [0, 0.05) is 12.7 Å². The number of nitrogens with one attached hydrogen (secondary N) is 1. The summed E-state index contributed by atoms with van der Waals surface area (Å²) >= 11 is 0. The second kappa shape index (κ2) is 5.15. The van der Waals surface area contributed by atoms with E-state index in [0.29, 0.717) is 5.82 Å². The Bertz CT molecular complexity index is 448. The molecule has 2 heterocycles. The van der Waals surface area contributed by atoms with E-state index in [1.165, 1.54) is 0 Å². The van der Waals surface area contributed by atoms with Gasteiger partial charge in [-0.05, 0) is 51.7 Å². The maximum Gasteiger partial charge on any atom is 0.410 e. The van der Waals surface area contributed by atoms with E-state index >= 15 is 0 Å². The van der Waals surface area contributed by atoms with Crippen LogP contribution in [0.15, 0.2) is 12.3 Å². The van der Waals surface area contributed by atoms with Crippen molar-refractivity contribution in [1.82, 2.24) is 9.88 Å². The van der Waals surface area contributed by atoms with Crippen molar-refractivity contribution in [2.24, 2.45) is 0 Å². The number of piperidine rings is 1. The number of amides is 1. The van der Waals surface area contributed by atoms with Crippen LogP contribution in [0.2, 0.25) is 0 Å². The minimum absolute atomic E-state index is 0.0668. The normalized spacial score (nSPS) is 20.4. The summed E-state index contributed by atoms with van der Waals surface area (Å²) in [4.78, 5) is 17.1. The lowest BCUT2D eigenvalue weighted by molar-refractivity contribution is 0.00953. The molecule has 0 spiro atoms. The third-order valence-corrected chi connectivity index (χ3v) is 3.24. The molecule has 2 rings (SSSR count). The highest BCUT2D eigenvalue weighted by atomic mass is 16.6. The van der Waals surface area contributed by atoms with Gasteiger partial charge in [-0.25, -0.2) is 4.79 Å². The van der Waals surface area contributed by atoms with Crippen molar-refractivity contribution in [2.45, 2.75) is 51.7 Å². The van der Waals surface area contributed by atoms with Crippen LogP contribution in [0.25, 0.3) is 0 Å². The van der Waals surface area contributed by atoms with Crippen LogP contribution in [-0.2, 0) is 4.74 Å². The number of carbonyl (C=O) groups excluding carboxylic acids is 1. The van der Waals surface area contributed by atoms with Gasteiger partial charge in [-0.15, -0.1) is 0 Å². The van der Waals surface area contributed by atoms with Crippen molar-refractivity contribution in [3.63, 3.8) is 0 Å². The number of nitrogens with zero attached hydrogens (tertiary/aromatic N) is 1. The lowest BCUT2D eigenvalue weighted by atomic mass is 9.97. The Morgan fingerprint density at radius 1 is 1.47 bits per heavy atom. The van der Waals surface area contributed by atoms with E-state index in [1.54, 1.807) is 0 Å². The lowest BCUT2D eigenvalue weighted by Gasteiger charge is -2.36. The highest BCUT2D eigenvalue weighted by Crippen LogP contribution is 2.32. The summed E-state index contributed by atoms with van der Waals surface area (Å²) in [7, 11) is 0. The third-order valence-electron chi connectivity index (χ3n) is 3.24. The number of aromatic nitrogens is 1. The van der Waals surface area contributed by atoms with Crippen LogP contribution < -0.4 is 5.73 Å². The molecule has 1 aliphatic rings. The summed E-state index contributed by atoms with van der Waals surface area (Å²) in [5, 5.41) is 0. The summed E-state index contributed by atoms with van der Waals surface area (Å²) in [5.74, 6) is 0.629. The molecule has 1 saturated heterocycles. The number of anilines is 1. The molecule has 0 aromatic carbocycles. The van der Waals surface area contributed by atoms with Crippen LogP contribution in [0.3, 0.4) is 0 Å². The number of nitrogen functional groups attached to an aromatic ring is 1. The molecule has 19 heavy (non-hydrogen) atoms. The first-order valence-corrected chi connectivity index (χ1v) is 6.80. The number of hydrogen-bond donors (Lipinski definition) is 2. The summed E-state index contributed by atoms with van der Waals surface area (Å²) in [5.41, 5.74) is 6.31. The zero-order valence-electron chi connectivity index (χ0n) is 11.9. The monoisotopic (exact) mass is 265 g/mol. The lowest BCUT2D eigenvalue weighted by Crippen LogP contribution is -2.41. The minimum atomic E-state index is -0.462. The molecule has 3 N–H and O–H groups in total. The van der Waals surface area contributed by atoms with E-state index in [4.69, 9.17) is 10.5 Å². The van der Waals surface area contributed by atoms with Crippen molar-refractivity contribution in [1.29, 1.82) is 0 Å². The Morgan fingerprint density at radius 2 is 2.21 bits per heavy atom. The molecule has 0 radical (unpaired) electrons. The van der Waals surface area contributed by atoms with Crippen LogP contribution in [-0.4, -0.2) is 28.1 Å². The highest BCUT2D eigenvalue weighted by Gasteiger charge is 2.31. The first-order chi connectivity index (χ1) is 8.87. The second-order valence-corrected chi connectivity index (χ2v) is 6.07. The Hall–Kier alpha value is -1.65. The highest BCUT2D eigenvalue weighted by molar-refractivity contribution is 5.69. The van der Waals surface area contributed by atoms with Gasteiger partial charge in [0.05, 0.1) is 6.04 Å². The van der Waals surface area contributed by atoms with Crippen LogP contribution >= 0.6 is 0 Å². The number of likely N-dealkylation sites (tertiary alicyclic amines) is 1. The molecule has 5 nitrogen and oxygen atoms in total. The first-order valence-electron chi connectivity index (χ1n) is 6.80. The number of ether oxygens (including phenoxy) is 1. The summed E-state index contributed by atoms with van der Waals surface area (Å²) < 4.78 is 5.48. The molecular weight excluding hydrogens is 242 g/mol. The first kappa shape index (κ1) is 13.8. The minimum Gasteiger partial charge on any atom is -0.444 e. The smallest absolute Gasteiger partial charge is 0.410 e. The molecule has 106 valence electrons. The number of aromatic amines is 1. The summed E-state index contributed by atoms with van der Waals surface area (Å²) in [6.07, 6.45) is 4.74. The second-order valence-electron chi connectivity index (χ2n) is 6.07. The summed E-state index contributed by atoms with van der Waals surface area (Å²) in [6.45, 7) is 6.40. The van der Waals surface area contributed by atoms with Crippen LogP contribution in [0.1, 0.15) is 51.6 Å². The topological polar surface area (TPSA) is 71.3 Å². The fraction of sp³-hybridized carbons (Fsp3) is 0.643. The average Bonchev–Trinajstić information content (AvgIpc) is 2.73. The Kier molecular flexibility index (Phi) is 3.73. The average molecular weight is 265 g/mol. The van der Waals surface area contributed by atoms with E-state index in [1.807, 2.05) is 37.9 Å². The van der Waals surface area contributed by atoms with Crippen molar-refractivity contribution >= 4 is 11.9 Å². The summed E-state index contributed by atoms with van der Waals surface area (Å²) in [6, 6.07) is 1.96. The van der Waals surface area contributed by atoms with Crippen LogP contribution in [0.4, 0.5) is 10.6 Å². The van der Waals surface area contributed by atoms with Gasteiger partial charge in [0.2, 0.25) is 0 Å². The van der Waals surface area contributed by atoms with Gasteiger partial charge in [-0.1, -0.05) is 0 Å². The Morgan fingerprint density at radius 3 is 2.79 bits per heavy atom. The van der Waals surface area contributed by atoms with E-state index in [0.717, 1.165) is 31.4 Å². The van der Waals surface area contributed by atoms with Crippen LogP contribution in [0.5, 0.6) is 0 Å². The predicted octanol–water partition coefficient (Wildman–Crippen LogP) is 3.06. The van der Waals surface area contributed by atoms with E-state index in [-0.39, 0.29) is 12.1 Å². The van der Waals surface area contributed by atoms with Crippen molar-refractivity contribution in [3.8, 4) is 0 Å². The standard InChI is InChI=1S/C14H23N3O2/c1-14(2,3)19-13(18)17-7-5-4-6-11(17)10-8-12(15)16-9-10/h8-9,11,16H,4-7,15H2,1-3H3/t11-/m0/s1. The molecule has 5 heteroatoms. The van der Waals surface area contributed by atoms with Gasteiger partial charge < -0.3 is 20.4 Å². The molecule has 1 aromatic heterocycles. The number of rotatable bonds is 1. The van der Waals surface area contributed by atoms with Gasteiger partial charge in [-0.2, -0.15) is 0 Å². The number of hydrogen-bond acceptors (Lipinski definition) is 3. The van der Waals surface area contributed by atoms with Gasteiger partial charge in [-0.3, -0.25) is 0 Å². The number of carbonyl (C=O) groups is 1. The van der Waals surface area contributed by atoms with E-state index in [9.17, 15) is 4.79 Å². The Labute approximate surface area is 114 Å². The van der Waals surface area contributed by atoms with Crippen LogP contribution in [0, 0.1) is 0 Å². The van der Waals surface area contributed by atoms with Crippen molar-refractivity contribution in [2.75, 3.05) is 12.3 Å². The molecule has 1 amide bonds. The maximum absolute atomic E-state index is 12.3. The van der Waals surface area contributed by atoms with E-state index in [2.05, 4.69) is 4.98 Å². The van der Waals surface area contributed by atoms with Gasteiger partial charge >= 0.3 is 6.09 Å². The molecular formula is C14H23N3O2. The van der Waals surface area contributed by atoms with Crippen molar-refractivity contribution < 1.29 is 9.53 Å². The van der Waals surface area contributed by atoms with E-state index < -0.39 is 5.60 Å². The quantitative estimate of drug-likeness (QED) is 0.819. The molecule has 1 aliphatic heterocycles. The third kappa shape index (κ3) is 3.43. The Balaban J connectivity index is 2.14.